The first-order valence-corrected chi connectivity index (χ1v) is 17.5. The summed E-state index contributed by atoms with van der Waals surface area (Å²) in [5.74, 6) is 4.39. The third kappa shape index (κ3) is 3.90. The molecule has 6 aliphatic rings. The van der Waals surface area contributed by atoms with Gasteiger partial charge in [-0.05, 0) is 109 Å². The van der Waals surface area contributed by atoms with E-state index in [4.69, 9.17) is 30.8 Å². The summed E-state index contributed by atoms with van der Waals surface area (Å²) in [6.07, 6.45) is 12.6. The van der Waals surface area contributed by atoms with Gasteiger partial charge in [0.1, 0.15) is 5.75 Å². The highest BCUT2D eigenvalue weighted by atomic mass is 35.5. The van der Waals surface area contributed by atoms with Crippen molar-refractivity contribution in [2.75, 3.05) is 19.0 Å². The van der Waals surface area contributed by atoms with Crippen molar-refractivity contribution >= 4 is 39.3 Å². The van der Waals surface area contributed by atoms with Crippen molar-refractivity contribution in [2.45, 2.75) is 91.0 Å². The number of hydrogen-bond acceptors (Lipinski definition) is 6. The molecule has 42 heavy (non-hydrogen) atoms. The third-order valence-corrected chi connectivity index (χ3v) is 14.2. The highest BCUT2D eigenvalue weighted by Gasteiger charge is 2.68. The second-order valence-electron chi connectivity index (χ2n) is 14.9. The fourth-order valence-electron chi connectivity index (χ4n) is 10.8. The molecule has 2 saturated heterocycles. The molecule has 1 N–H and O–H groups in total. The average molecular weight is 609 g/mol. The normalized spacial score (nSPS) is 43.6. The number of anilines is 2. The maximum absolute atomic E-state index is 7.00. The first kappa shape index (κ1) is 27.9. The van der Waals surface area contributed by atoms with Crippen molar-refractivity contribution in [1.82, 2.24) is 4.98 Å². The number of hydrogen-bond donors (Lipinski definition) is 1. The number of rotatable bonds is 3. The van der Waals surface area contributed by atoms with E-state index in [1.807, 2.05) is 18.2 Å². The van der Waals surface area contributed by atoms with Crippen molar-refractivity contribution in [2.24, 2.45) is 46.3 Å². The van der Waals surface area contributed by atoms with Gasteiger partial charge in [-0.1, -0.05) is 56.7 Å². The van der Waals surface area contributed by atoms with Gasteiger partial charge < -0.3 is 19.5 Å². The minimum absolute atomic E-state index is 0.211. The van der Waals surface area contributed by atoms with E-state index >= 15 is 0 Å². The summed E-state index contributed by atoms with van der Waals surface area (Å²) in [7, 11) is 1.69. The van der Waals surface area contributed by atoms with E-state index in [1.54, 1.807) is 24.0 Å². The van der Waals surface area contributed by atoms with Crippen LogP contribution >= 0.6 is 22.9 Å². The second kappa shape index (κ2) is 9.70. The molecular weight excluding hydrogens is 564 g/mol. The van der Waals surface area contributed by atoms with Crippen molar-refractivity contribution in [3.05, 3.63) is 39.9 Å². The van der Waals surface area contributed by atoms with Crippen LogP contribution in [0.2, 0.25) is 5.02 Å². The van der Waals surface area contributed by atoms with Gasteiger partial charge in [0.15, 0.2) is 10.9 Å². The minimum atomic E-state index is -0.328. The van der Waals surface area contributed by atoms with Crippen LogP contribution in [0.3, 0.4) is 0 Å². The Kier molecular flexibility index (Phi) is 6.45. The average Bonchev–Trinajstić information content (AvgIpc) is 3.59. The van der Waals surface area contributed by atoms with Crippen molar-refractivity contribution in [3.8, 4) is 5.75 Å². The summed E-state index contributed by atoms with van der Waals surface area (Å²) in [4.78, 5) is 6.47. The smallest absolute Gasteiger partial charge is 0.188 e. The Balaban J connectivity index is 1.06. The van der Waals surface area contributed by atoms with E-state index < -0.39 is 0 Å². The monoisotopic (exact) mass is 608 g/mol. The number of nitrogens with one attached hydrogen (secondary N) is 1. The van der Waals surface area contributed by atoms with Crippen LogP contribution in [0.1, 0.15) is 83.2 Å². The molecule has 1 spiro atoms. The van der Waals surface area contributed by atoms with Gasteiger partial charge in [-0.15, -0.1) is 0 Å². The Morgan fingerprint density at radius 2 is 1.98 bits per heavy atom. The number of aryl methyl sites for hydroxylation is 1. The maximum Gasteiger partial charge on any atom is 0.188 e. The van der Waals surface area contributed by atoms with Crippen molar-refractivity contribution < 1.29 is 14.2 Å². The van der Waals surface area contributed by atoms with E-state index in [1.165, 1.54) is 49.1 Å². The molecule has 226 valence electrons. The summed E-state index contributed by atoms with van der Waals surface area (Å²) in [6.45, 7) is 10.8. The number of fused-ring (bicyclic) bond motifs is 9. The molecule has 0 amide bonds. The predicted molar refractivity (Wildman–Crippen MR) is 169 cm³/mol. The quantitative estimate of drug-likeness (QED) is 0.376. The molecule has 7 heteroatoms. The lowest BCUT2D eigenvalue weighted by molar-refractivity contribution is -0.272. The Bertz CT molecular complexity index is 1430. The summed E-state index contributed by atoms with van der Waals surface area (Å²) in [5, 5.41) is 5.13. The number of nitrogens with zero attached hydrogens (tertiary/aromatic N) is 1. The molecule has 1 aromatic carbocycles. The topological polar surface area (TPSA) is 52.6 Å². The number of methoxy groups -OCH3 is 1. The van der Waals surface area contributed by atoms with Crippen LogP contribution in [0.25, 0.3) is 5.57 Å². The Morgan fingerprint density at radius 1 is 1.12 bits per heavy atom. The molecule has 3 heterocycles. The van der Waals surface area contributed by atoms with Crippen LogP contribution in [-0.4, -0.2) is 30.6 Å². The molecule has 0 bridgehead atoms. The Hall–Kier alpha value is -1.60. The molecule has 2 aromatic rings. The van der Waals surface area contributed by atoms with Crippen LogP contribution in [0.4, 0.5) is 10.8 Å². The van der Waals surface area contributed by atoms with E-state index in [0.29, 0.717) is 34.3 Å². The lowest BCUT2D eigenvalue weighted by Gasteiger charge is -2.57. The van der Waals surface area contributed by atoms with Gasteiger partial charge in [-0.3, -0.25) is 0 Å². The molecule has 2 aliphatic heterocycles. The molecular formula is C35H45ClN2O3S. The number of allylic oxidation sites excluding steroid dienone is 2. The molecule has 5 nitrogen and oxygen atoms in total. The van der Waals surface area contributed by atoms with E-state index in [9.17, 15) is 0 Å². The fraction of sp³-hybridized carbons (Fsp3) is 0.686. The SMILES string of the molecule is COc1ccc(Cl)cc1Nc1nc2c(s1)C1=CC[C@H]3[C@@H]4C[C@@H]5O[C@]6(CC[C@@H](C)CO6)[C@@H](C)[C@@H]5[C@@]4(C)CC[C@@H]3[C@@]1(C)CC2. The van der Waals surface area contributed by atoms with E-state index in [0.717, 1.165) is 53.8 Å². The van der Waals surface area contributed by atoms with Gasteiger partial charge in [-0.25, -0.2) is 4.98 Å². The summed E-state index contributed by atoms with van der Waals surface area (Å²) in [5.41, 5.74) is 4.23. The van der Waals surface area contributed by atoms with Crippen LogP contribution in [0.5, 0.6) is 5.75 Å². The molecule has 0 radical (unpaired) electrons. The number of halogens is 1. The summed E-state index contributed by atoms with van der Waals surface area (Å²) < 4.78 is 19.1. The fourth-order valence-corrected chi connectivity index (χ4v) is 12.2. The highest BCUT2D eigenvalue weighted by molar-refractivity contribution is 7.16. The van der Waals surface area contributed by atoms with Crippen molar-refractivity contribution in [1.29, 1.82) is 0 Å². The molecule has 10 atom stereocenters. The van der Waals surface area contributed by atoms with Gasteiger partial charge in [0, 0.05) is 17.4 Å². The summed E-state index contributed by atoms with van der Waals surface area (Å²) in [6, 6.07) is 5.68. The third-order valence-electron chi connectivity index (χ3n) is 13.0. The predicted octanol–water partition coefficient (Wildman–Crippen LogP) is 9.13. The lowest BCUT2D eigenvalue weighted by atomic mass is 9.47. The van der Waals surface area contributed by atoms with Crippen LogP contribution in [0, 0.1) is 46.3 Å². The first-order chi connectivity index (χ1) is 20.1. The van der Waals surface area contributed by atoms with Gasteiger partial charge in [0.05, 0.1) is 36.1 Å². The number of thiazole rings is 1. The summed E-state index contributed by atoms with van der Waals surface area (Å²) >= 11 is 8.11. The van der Waals surface area contributed by atoms with Crippen LogP contribution in [0.15, 0.2) is 24.3 Å². The zero-order valence-electron chi connectivity index (χ0n) is 25.7. The van der Waals surface area contributed by atoms with Gasteiger partial charge in [0.25, 0.3) is 0 Å². The van der Waals surface area contributed by atoms with E-state index in [2.05, 4.69) is 39.1 Å². The molecule has 2 saturated carbocycles. The lowest BCUT2D eigenvalue weighted by Crippen LogP contribution is -2.51. The van der Waals surface area contributed by atoms with Gasteiger partial charge >= 0.3 is 0 Å². The van der Waals surface area contributed by atoms with Crippen molar-refractivity contribution in [3.63, 3.8) is 0 Å². The molecule has 8 rings (SSSR count). The molecule has 1 aromatic heterocycles. The first-order valence-electron chi connectivity index (χ1n) is 16.3. The van der Waals surface area contributed by atoms with Crippen LogP contribution < -0.4 is 10.1 Å². The van der Waals surface area contributed by atoms with Crippen LogP contribution in [-0.2, 0) is 15.9 Å². The molecule has 4 fully saturated rings. The molecule has 4 aliphatic carbocycles. The largest absolute Gasteiger partial charge is 0.495 e. The van der Waals surface area contributed by atoms with E-state index in [-0.39, 0.29) is 11.2 Å². The Labute approximate surface area is 259 Å². The van der Waals surface area contributed by atoms with Gasteiger partial charge in [-0.2, -0.15) is 0 Å². The second-order valence-corrected chi connectivity index (χ2v) is 16.4. The number of benzene rings is 1. The zero-order valence-corrected chi connectivity index (χ0v) is 27.2. The Morgan fingerprint density at radius 3 is 2.76 bits per heavy atom. The molecule has 0 unspecified atom stereocenters. The standard InChI is InChI=1S/C35H45ClN2O3S/c1-19-10-15-35(40-18-19)20(2)30-29(41-35)17-25-22-7-8-24-31-26(12-14-33(24,3)23(22)11-13-34(25,30)4)37-32(42-31)38-27-16-21(36)6-9-28(27)39-5/h6,8-9,16,19-20,22-23,25,29-30H,7,10-15,17-18H2,1-5H3,(H,37,38)/t19-,20+,22-,23+,25+,29+,30+,33-,34+,35-/m1/s1. The highest BCUT2D eigenvalue weighted by Crippen LogP contribution is 2.71. The maximum atomic E-state index is 7.00. The minimum Gasteiger partial charge on any atom is -0.495 e. The van der Waals surface area contributed by atoms with Gasteiger partial charge in [0.2, 0.25) is 0 Å². The zero-order chi connectivity index (χ0) is 29.0. The number of aromatic nitrogens is 1. The number of ether oxygens (including phenoxy) is 3.